The molecule has 0 radical (unpaired) electrons. The number of hydrogen-bond donors (Lipinski definition) is 2. The Morgan fingerprint density at radius 2 is 1.05 bits per heavy atom. The Morgan fingerprint density at radius 3 is 1.47 bits per heavy atom. The highest BCUT2D eigenvalue weighted by atomic mass is 16.0. The van der Waals surface area contributed by atoms with Crippen LogP contribution in [0, 0.1) is 0 Å². The highest BCUT2D eigenvalue weighted by molar-refractivity contribution is 5.77. The molecule has 0 spiro atoms. The summed E-state index contributed by atoms with van der Waals surface area (Å²) >= 11 is 0. The maximum Gasteiger partial charge on any atom is 0.0650 e. The van der Waals surface area contributed by atoms with Gasteiger partial charge in [0.2, 0.25) is 0 Å². The van der Waals surface area contributed by atoms with Gasteiger partial charge in [-0.1, -0.05) is 36.4 Å². The van der Waals surface area contributed by atoms with Crippen LogP contribution < -0.4 is 0 Å². The lowest BCUT2D eigenvalue weighted by molar-refractivity contribution is 0.824. The lowest BCUT2D eigenvalue weighted by Gasteiger charge is -1.81. The van der Waals surface area contributed by atoms with Crippen LogP contribution in [0.15, 0.2) is 60.9 Å². The van der Waals surface area contributed by atoms with Crippen molar-refractivity contribution in [3.63, 3.8) is 0 Å². The Labute approximate surface area is 109 Å². The predicted molar refractivity (Wildman–Crippen MR) is 75.8 cm³/mol. The fourth-order valence-electron chi connectivity index (χ4n) is 1.77. The van der Waals surface area contributed by atoms with E-state index < -0.39 is 0 Å². The number of nitrogens with one attached hydrogen (secondary N) is 2. The number of nitrogens with zero attached hydrogens (tertiary/aromatic N) is 2. The molecule has 5 nitrogen and oxygen atoms in total. The van der Waals surface area contributed by atoms with Crippen LogP contribution in [0.2, 0.25) is 0 Å². The minimum absolute atomic E-state index is 0. The Morgan fingerprint density at radius 1 is 0.632 bits per heavy atom. The predicted octanol–water partition coefficient (Wildman–Crippen LogP) is 2.30. The highest BCUT2D eigenvalue weighted by Gasteiger charge is 1.88. The molecule has 2 aromatic carbocycles. The van der Waals surface area contributed by atoms with Gasteiger partial charge < -0.3 is 5.48 Å². The molecule has 0 unspecified atom stereocenters. The second-order valence-electron chi connectivity index (χ2n) is 3.91. The van der Waals surface area contributed by atoms with Crippen molar-refractivity contribution >= 4 is 21.8 Å². The largest absolute Gasteiger partial charge is 0.412 e. The Balaban J connectivity index is 0.000000133. The van der Waals surface area contributed by atoms with Gasteiger partial charge in [0, 0.05) is 10.8 Å². The van der Waals surface area contributed by atoms with E-state index in [1.807, 2.05) is 60.9 Å². The lowest BCUT2D eigenvalue weighted by atomic mass is 10.3. The molecule has 0 bridgehead atoms. The zero-order valence-electron chi connectivity index (χ0n) is 10.2. The van der Waals surface area contributed by atoms with Crippen molar-refractivity contribution in [2.24, 2.45) is 0 Å². The fraction of sp³-hybridized carbons (Fsp3) is 0. The topological polar surface area (TPSA) is 88.9 Å². The van der Waals surface area contributed by atoms with Crippen molar-refractivity contribution in [2.75, 3.05) is 0 Å². The number of rotatable bonds is 0. The van der Waals surface area contributed by atoms with Gasteiger partial charge >= 0.3 is 0 Å². The summed E-state index contributed by atoms with van der Waals surface area (Å²) in [5.74, 6) is 0. The molecule has 0 saturated carbocycles. The summed E-state index contributed by atoms with van der Waals surface area (Å²) in [6, 6.07) is 16.0. The average molecular weight is 254 g/mol. The first-order chi connectivity index (χ1) is 8.93. The van der Waals surface area contributed by atoms with Crippen molar-refractivity contribution in [1.82, 2.24) is 20.4 Å². The van der Waals surface area contributed by atoms with Crippen LogP contribution in [0.1, 0.15) is 0 Å². The zero-order valence-corrected chi connectivity index (χ0v) is 10.2. The van der Waals surface area contributed by atoms with Gasteiger partial charge in [0.25, 0.3) is 0 Å². The molecule has 2 heterocycles. The maximum absolute atomic E-state index is 3.88. The van der Waals surface area contributed by atoms with Crippen LogP contribution in [0.4, 0.5) is 0 Å². The SMILES string of the molecule is O.c1ccc2[nH]ncc2c1.c1ccc2[nH]ncc2c1. The smallest absolute Gasteiger partial charge is 0.0650 e. The number of aromatic amines is 2. The third kappa shape index (κ3) is 2.78. The first-order valence-corrected chi connectivity index (χ1v) is 5.70. The molecule has 96 valence electrons. The van der Waals surface area contributed by atoms with Crippen LogP contribution in [-0.2, 0) is 0 Å². The molecule has 4 rings (SSSR count). The molecule has 0 amide bonds. The fourth-order valence-corrected chi connectivity index (χ4v) is 1.77. The van der Waals surface area contributed by atoms with Crippen LogP contribution >= 0.6 is 0 Å². The summed E-state index contributed by atoms with van der Waals surface area (Å²) in [6.45, 7) is 0. The van der Waals surface area contributed by atoms with Crippen LogP contribution in [0.25, 0.3) is 21.8 Å². The average Bonchev–Trinajstić information content (AvgIpc) is 3.08. The Bertz CT molecular complexity index is 633. The number of fused-ring (bicyclic) bond motifs is 2. The van der Waals surface area contributed by atoms with E-state index in [1.165, 1.54) is 0 Å². The van der Waals surface area contributed by atoms with Gasteiger partial charge in [0.05, 0.1) is 23.4 Å². The normalized spacial score (nSPS) is 9.68. The summed E-state index contributed by atoms with van der Waals surface area (Å²) in [4.78, 5) is 0. The maximum atomic E-state index is 3.88. The van der Waals surface area contributed by atoms with Crippen molar-refractivity contribution < 1.29 is 5.48 Å². The third-order valence-electron chi connectivity index (χ3n) is 2.70. The van der Waals surface area contributed by atoms with Crippen molar-refractivity contribution in [3.8, 4) is 0 Å². The van der Waals surface area contributed by atoms with Crippen LogP contribution in [0.3, 0.4) is 0 Å². The molecular formula is C14H14N4O. The van der Waals surface area contributed by atoms with E-state index in [0.717, 1.165) is 21.8 Å². The van der Waals surface area contributed by atoms with E-state index in [2.05, 4.69) is 20.4 Å². The first kappa shape index (κ1) is 12.8. The highest BCUT2D eigenvalue weighted by Crippen LogP contribution is 2.07. The molecule has 19 heavy (non-hydrogen) atoms. The third-order valence-corrected chi connectivity index (χ3v) is 2.70. The molecule has 0 saturated heterocycles. The number of para-hydroxylation sites is 2. The monoisotopic (exact) mass is 254 g/mol. The van der Waals surface area contributed by atoms with Crippen LogP contribution in [0.5, 0.6) is 0 Å². The minimum atomic E-state index is 0. The molecule has 4 aromatic rings. The van der Waals surface area contributed by atoms with Crippen molar-refractivity contribution in [1.29, 1.82) is 0 Å². The van der Waals surface area contributed by atoms with Crippen molar-refractivity contribution in [3.05, 3.63) is 60.9 Å². The van der Waals surface area contributed by atoms with Gasteiger partial charge in [-0.15, -0.1) is 0 Å². The second kappa shape index (κ2) is 5.79. The summed E-state index contributed by atoms with van der Waals surface area (Å²) in [6.07, 6.45) is 3.63. The van der Waals surface area contributed by atoms with E-state index in [0.29, 0.717) is 0 Å². The van der Waals surface area contributed by atoms with Gasteiger partial charge in [-0.3, -0.25) is 10.2 Å². The van der Waals surface area contributed by atoms with Crippen molar-refractivity contribution in [2.45, 2.75) is 0 Å². The molecule has 4 N–H and O–H groups in total. The minimum Gasteiger partial charge on any atom is -0.412 e. The summed E-state index contributed by atoms with van der Waals surface area (Å²) in [5, 5.41) is 15.8. The number of benzene rings is 2. The quantitative estimate of drug-likeness (QED) is 0.504. The van der Waals surface area contributed by atoms with Gasteiger partial charge in [0.15, 0.2) is 0 Å². The lowest BCUT2D eigenvalue weighted by Crippen LogP contribution is -1.63. The van der Waals surface area contributed by atoms with Crippen LogP contribution in [-0.4, -0.2) is 25.9 Å². The Hall–Kier alpha value is -2.66. The van der Waals surface area contributed by atoms with E-state index in [4.69, 9.17) is 0 Å². The Kier molecular flexibility index (Phi) is 3.90. The molecule has 0 aliphatic rings. The standard InChI is InChI=1S/2C7H6N2.H2O/c2*1-2-4-7-6(3-1)5-8-9-7;/h2*1-5H,(H,8,9);1H2. The first-order valence-electron chi connectivity index (χ1n) is 5.70. The summed E-state index contributed by atoms with van der Waals surface area (Å²) < 4.78 is 0. The molecule has 5 heteroatoms. The molecule has 2 aromatic heterocycles. The van der Waals surface area contributed by atoms with E-state index in [1.54, 1.807) is 0 Å². The second-order valence-corrected chi connectivity index (χ2v) is 3.91. The summed E-state index contributed by atoms with van der Waals surface area (Å²) in [5.41, 5.74) is 2.19. The van der Waals surface area contributed by atoms with E-state index in [9.17, 15) is 0 Å². The van der Waals surface area contributed by atoms with E-state index in [-0.39, 0.29) is 5.48 Å². The van der Waals surface area contributed by atoms with E-state index >= 15 is 0 Å². The zero-order chi connectivity index (χ0) is 12.2. The number of H-pyrrole nitrogens is 2. The molecule has 0 aliphatic carbocycles. The molecule has 0 atom stereocenters. The number of hydrogen-bond acceptors (Lipinski definition) is 2. The van der Waals surface area contributed by atoms with Gasteiger partial charge in [0.1, 0.15) is 0 Å². The molecule has 0 aliphatic heterocycles. The molecular weight excluding hydrogens is 240 g/mol. The van der Waals surface area contributed by atoms with Gasteiger partial charge in [-0.2, -0.15) is 10.2 Å². The molecule has 0 fully saturated rings. The summed E-state index contributed by atoms with van der Waals surface area (Å²) in [7, 11) is 0. The van der Waals surface area contributed by atoms with Gasteiger partial charge in [-0.25, -0.2) is 0 Å². The number of aromatic nitrogens is 4. The van der Waals surface area contributed by atoms with Gasteiger partial charge in [-0.05, 0) is 12.1 Å².